The number of amides is 2. The Balaban J connectivity index is 1.65. The monoisotopic (exact) mass is 334 g/mol. The van der Waals surface area contributed by atoms with E-state index in [9.17, 15) is 9.59 Å². The minimum atomic E-state index is -0.507. The summed E-state index contributed by atoms with van der Waals surface area (Å²) < 4.78 is 10.9. The first-order valence-electron chi connectivity index (χ1n) is 8.42. The fourth-order valence-corrected chi connectivity index (χ4v) is 2.57. The van der Waals surface area contributed by atoms with E-state index in [2.05, 4.69) is 5.32 Å². The van der Waals surface area contributed by atoms with E-state index in [0.29, 0.717) is 45.8 Å². The second-order valence-electron chi connectivity index (χ2n) is 5.94. The Morgan fingerprint density at radius 1 is 1.29 bits per heavy atom. The lowest BCUT2D eigenvalue weighted by Gasteiger charge is -2.29. The highest BCUT2D eigenvalue weighted by molar-refractivity contribution is 5.87. The highest BCUT2D eigenvalue weighted by atomic mass is 16.5. The molecule has 1 heterocycles. The summed E-state index contributed by atoms with van der Waals surface area (Å²) in [5.41, 5.74) is 1.08. The van der Waals surface area contributed by atoms with Gasteiger partial charge in [0.25, 0.3) is 0 Å². The normalized spacial score (nSPS) is 15.7. The Labute approximate surface area is 143 Å². The van der Waals surface area contributed by atoms with E-state index >= 15 is 0 Å². The first-order chi connectivity index (χ1) is 11.6. The number of hydrogen-bond donors (Lipinski definition) is 1. The van der Waals surface area contributed by atoms with E-state index in [4.69, 9.17) is 9.47 Å². The van der Waals surface area contributed by atoms with Gasteiger partial charge in [-0.05, 0) is 31.9 Å². The predicted octanol–water partition coefficient (Wildman–Crippen LogP) is 1.52. The van der Waals surface area contributed by atoms with Gasteiger partial charge in [-0.1, -0.05) is 18.2 Å². The summed E-state index contributed by atoms with van der Waals surface area (Å²) in [6.07, 6.45) is 0.950. The van der Waals surface area contributed by atoms with E-state index < -0.39 is 6.04 Å². The smallest absolute Gasteiger partial charge is 0.245 e. The van der Waals surface area contributed by atoms with Crippen LogP contribution in [0, 0.1) is 6.92 Å². The molecular formula is C18H26N2O4. The van der Waals surface area contributed by atoms with Crippen LogP contribution in [0.25, 0.3) is 0 Å². The lowest BCUT2D eigenvalue weighted by Crippen LogP contribution is -2.50. The average molecular weight is 334 g/mol. The van der Waals surface area contributed by atoms with Gasteiger partial charge >= 0.3 is 0 Å². The number of morpholine rings is 1. The van der Waals surface area contributed by atoms with Crippen molar-refractivity contribution < 1.29 is 19.1 Å². The maximum atomic E-state index is 12.2. The van der Waals surface area contributed by atoms with Gasteiger partial charge in [0.05, 0.1) is 19.8 Å². The van der Waals surface area contributed by atoms with Crippen LogP contribution in [0.5, 0.6) is 5.75 Å². The molecule has 24 heavy (non-hydrogen) atoms. The quantitative estimate of drug-likeness (QED) is 0.768. The molecule has 1 aromatic rings. The van der Waals surface area contributed by atoms with Gasteiger partial charge in [-0.15, -0.1) is 0 Å². The van der Waals surface area contributed by atoms with Crippen molar-refractivity contribution in [2.24, 2.45) is 0 Å². The maximum absolute atomic E-state index is 12.2. The Bertz CT molecular complexity index is 556. The number of rotatable bonds is 7. The van der Waals surface area contributed by atoms with Crippen molar-refractivity contribution in [1.82, 2.24) is 10.2 Å². The summed E-state index contributed by atoms with van der Waals surface area (Å²) in [6.45, 7) is 6.47. The van der Waals surface area contributed by atoms with Gasteiger partial charge in [-0.3, -0.25) is 9.59 Å². The molecule has 0 saturated carbocycles. The van der Waals surface area contributed by atoms with Crippen molar-refractivity contribution in [3.05, 3.63) is 29.8 Å². The molecule has 0 radical (unpaired) electrons. The molecule has 1 fully saturated rings. The molecule has 1 saturated heterocycles. The highest BCUT2D eigenvalue weighted by Crippen LogP contribution is 2.16. The van der Waals surface area contributed by atoms with Crippen molar-refractivity contribution in [3.63, 3.8) is 0 Å². The third-order valence-electron chi connectivity index (χ3n) is 3.97. The minimum absolute atomic E-state index is 0.0530. The number of carbonyl (C=O) groups excluding carboxylic acids is 2. The summed E-state index contributed by atoms with van der Waals surface area (Å²) in [5, 5.41) is 2.76. The SMILES string of the molecule is Cc1ccccc1OCCCC(=O)NC(C)C(=O)N1CCOCC1. The molecule has 1 atom stereocenters. The van der Waals surface area contributed by atoms with Crippen molar-refractivity contribution in [2.45, 2.75) is 32.7 Å². The van der Waals surface area contributed by atoms with E-state index in [0.717, 1.165) is 11.3 Å². The van der Waals surface area contributed by atoms with E-state index in [1.54, 1.807) is 11.8 Å². The maximum Gasteiger partial charge on any atom is 0.245 e. The van der Waals surface area contributed by atoms with Gasteiger partial charge < -0.3 is 19.7 Å². The standard InChI is InChI=1S/C18H26N2O4/c1-14-6-3-4-7-16(14)24-11-5-8-17(21)19-15(2)18(22)20-9-12-23-13-10-20/h3-4,6-7,15H,5,8-13H2,1-2H3,(H,19,21). The molecule has 0 bridgehead atoms. The molecule has 1 N–H and O–H groups in total. The van der Waals surface area contributed by atoms with Gasteiger partial charge in [0.15, 0.2) is 0 Å². The van der Waals surface area contributed by atoms with Gasteiger partial charge in [0, 0.05) is 19.5 Å². The molecule has 6 heteroatoms. The molecule has 2 amide bonds. The molecule has 1 aromatic carbocycles. The van der Waals surface area contributed by atoms with Crippen LogP contribution >= 0.6 is 0 Å². The van der Waals surface area contributed by atoms with E-state index in [-0.39, 0.29) is 11.8 Å². The summed E-state index contributed by atoms with van der Waals surface area (Å²) in [7, 11) is 0. The fourth-order valence-electron chi connectivity index (χ4n) is 2.57. The molecule has 1 unspecified atom stereocenters. The number of hydrogen-bond acceptors (Lipinski definition) is 4. The molecule has 2 rings (SSSR count). The van der Waals surface area contributed by atoms with Crippen LogP contribution in [0.4, 0.5) is 0 Å². The van der Waals surface area contributed by atoms with Crippen molar-refractivity contribution in [2.75, 3.05) is 32.9 Å². The molecule has 6 nitrogen and oxygen atoms in total. The van der Waals surface area contributed by atoms with Crippen molar-refractivity contribution >= 4 is 11.8 Å². The molecular weight excluding hydrogens is 308 g/mol. The van der Waals surface area contributed by atoms with Crippen LogP contribution in [0.15, 0.2) is 24.3 Å². The van der Waals surface area contributed by atoms with Gasteiger partial charge in [-0.25, -0.2) is 0 Å². The lowest BCUT2D eigenvalue weighted by molar-refractivity contribution is -0.139. The van der Waals surface area contributed by atoms with Gasteiger partial charge in [0.2, 0.25) is 11.8 Å². The number of ether oxygens (including phenoxy) is 2. The number of para-hydroxylation sites is 1. The zero-order valence-corrected chi connectivity index (χ0v) is 14.4. The van der Waals surface area contributed by atoms with Crippen LogP contribution in [0.1, 0.15) is 25.3 Å². The van der Waals surface area contributed by atoms with Crippen LogP contribution in [-0.2, 0) is 14.3 Å². The van der Waals surface area contributed by atoms with Crippen LogP contribution in [0.2, 0.25) is 0 Å². The zero-order chi connectivity index (χ0) is 17.4. The Morgan fingerprint density at radius 2 is 2.00 bits per heavy atom. The number of benzene rings is 1. The van der Waals surface area contributed by atoms with Crippen molar-refractivity contribution in [1.29, 1.82) is 0 Å². The highest BCUT2D eigenvalue weighted by Gasteiger charge is 2.23. The summed E-state index contributed by atoms with van der Waals surface area (Å²) >= 11 is 0. The number of carbonyl (C=O) groups is 2. The molecule has 0 aromatic heterocycles. The second kappa shape index (κ2) is 9.27. The van der Waals surface area contributed by atoms with Crippen molar-refractivity contribution in [3.8, 4) is 5.75 Å². The molecule has 1 aliphatic rings. The molecule has 132 valence electrons. The summed E-state index contributed by atoms with van der Waals surface area (Å²) in [5.74, 6) is 0.661. The topological polar surface area (TPSA) is 67.9 Å². The lowest BCUT2D eigenvalue weighted by atomic mass is 10.2. The van der Waals surface area contributed by atoms with Crippen LogP contribution in [-0.4, -0.2) is 55.7 Å². The van der Waals surface area contributed by atoms with E-state index in [1.165, 1.54) is 0 Å². The van der Waals surface area contributed by atoms with Crippen LogP contribution in [0.3, 0.4) is 0 Å². The van der Waals surface area contributed by atoms with Gasteiger partial charge in [-0.2, -0.15) is 0 Å². The summed E-state index contributed by atoms with van der Waals surface area (Å²) in [6, 6.07) is 7.28. The number of nitrogens with zero attached hydrogens (tertiary/aromatic N) is 1. The average Bonchev–Trinajstić information content (AvgIpc) is 2.60. The minimum Gasteiger partial charge on any atom is -0.493 e. The van der Waals surface area contributed by atoms with Crippen LogP contribution < -0.4 is 10.1 Å². The fraction of sp³-hybridized carbons (Fsp3) is 0.556. The third-order valence-corrected chi connectivity index (χ3v) is 3.97. The number of nitrogens with one attached hydrogen (secondary N) is 1. The molecule has 0 aliphatic carbocycles. The largest absolute Gasteiger partial charge is 0.493 e. The predicted molar refractivity (Wildman–Crippen MR) is 90.9 cm³/mol. The Kier molecular flexibility index (Phi) is 7.06. The van der Waals surface area contributed by atoms with E-state index in [1.807, 2.05) is 31.2 Å². The van der Waals surface area contributed by atoms with Gasteiger partial charge in [0.1, 0.15) is 11.8 Å². The first kappa shape index (κ1) is 18.3. The second-order valence-corrected chi connectivity index (χ2v) is 5.94. The zero-order valence-electron chi connectivity index (χ0n) is 14.4. The molecule has 0 spiro atoms. The third kappa shape index (κ3) is 5.53. The Morgan fingerprint density at radius 3 is 2.71 bits per heavy atom. The summed E-state index contributed by atoms with van der Waals surface area (Å²) in [4.78, 5) is 25.9. The Hall–Kier alpha value is -2.08. The first-order valence-corrected chi connectivity index (χ1v) is 8.42. The molecule has 1 aliphatic heterocycles. The number of aryl methyl sites for hydroxylation is 1.